The molecule has 112 valence electrons. The maximum atomic E-state index is 12.5. The Morgan fingerprint density at radius 2 is 1.40 bits per heavy atom. The van der Waals surface area contributed by atoms with Gasteiger partial charge in [0.05, 0.1) is 17.2 Å². The number of nitrogens with two attached hydrogens (primary N) is 2. The van der Waals surface area contributed by atoms with E-state index >= 15 is 0 Å². The van der Waals surface area contributed by atoms with Crippen LogP contribution in [-0.2, 0) is 23.6 Å². The van der Waals surface area contributed by atoms with Crippen molar-refractivity contribution in [1.29, 1.82) is 0 Å². The largest absolute Gasteiger partial charge is 0.416 e. The topological polar surface area (TPSA) is 69.1 Å². The van der Waals surface area contributed by atoms with Gasteiger partial charge in [0.25, 0.3) is 0 Å². The smallest absolute Gasteiger partial charge is 0.368 e. The van der Waals surface area contributed by atoms with E-state index in [4.69, 9.17) is 11.5 Å². The maximum Gasteiger partial charge on any atom is 0.416 e. The average molecular weight is 300 g/mol. The van der Waals surface area contributed by atoms with Gasteiger partial charge in [-0.3, -0.25) is 4.79 Å². The van der Waals surface area contributed by atoms with Gasteiger partial charge in [-0.1, -0.05) is 0 Å². The molecular formula is C11H10F6N2O. The Kier molecular flexibility index (Phi) is 4.33. The predicted molar refractivity (Wildman–Crippen MR) is 57.3 cm³/mol. The van der Waals surface area contributed by atoms with Crippen LogP contribution in [0, 0.1) is 0 Å². The molecule has 0 aliphatic heterocycles. The third-order valence-corrected chi connectivity index (χ3v) is 2.47. The van der Waals surface area contributed by atoms with Crippen LogP contribution in [0.2, 0.25) is 0 Å². The van der Waals surface area contributed by atoms with Gasteiger partial charge in [-0.05, 0) is 30.2 Å². The zero-order valence-corrected chi connectivity index (χ0v) is 9.85. The summed E-state index contributed by atoms with van der Waals surface area (Å²) >= 11 is 0. The van der Waals surface area contributed by atoms with E-state index in [9.17, 15) is 31.1 Å². The van der Waals surface area contributed by atoms with Crippen LogP contribution < -0.4 is 11.5 Å². The standard InChI is InChI=1S/C11H10F6N2O/c12-10(13,14)6-1-5(3-8(18)9(19)20)2-7(4-6)11(15,16)17/h1-2,4,8H,3,18H2,(H2,19,20). The van der Waals surface area contributed by atoms with Gasteiger partial charge in [0.2, 0.25) is 5.91 Å². The molecule has 0 aliphatic carbocycles. The fraction of sp³-hybridized carbons (Fsp3) is 0.364. The zero-order valence-electron chi connectivity index (χ0n) is 9.85. The van der Waals surface area contributed by atoms with Crippen LogP contribution >= 0.6 is 0 Å². The first-order valence-corrected chi connectivity index (χ1v) is 5.24. The molecule has 1 rings (SSSR count). The summed E-state index contributed by atoms with van der Waals surface area (Å²) in [5, 5.41) is 0. The number of rotatable bonds is 3. The molecule has 1 aromatic carbocycles. The summed E-state index contributed by atoms with van der Waals surface area (Å²) in [7, 11) is 0. The van der Waals surface area contributed by atoms with Crippen molar-refractivity contribution in [3.8, 4) is 0 Å². The van der Waals surface area contributed by atoms with Crippen LogP contribution in [0.3, 0.4) is 0 Å². The van der Waals surface area contributed by atoms with Gasteiger partial charge >= 0.3 is 12.4 Å². The number of carbonyl (C=O) groups excluding carboxylic acids is 1. The molecule has 0 radical (unpaired) electrons. The number of halogens is 6. The number of alkyl halides is 6. The predicted octanol–water partition coefficient (Wildman–Crippen LogP) is 2.08. The summed E-state index contributed by atoms with van der Waals surface area (Å²) in [6, 6.07) is -0.338. The van der Waals surface area contributed by atoms with Gasteiger partial charge in [0.15, 0.2) is 0 Å². The van der Waals surface area contributed by atoms with E-state index in [-0.39, 0.29) is 11.6 Å². The molecule has 0 saturated carbocycles. The van der Waals surface area contributed by atoms with E-state index in [1.165, 1.54) is 0 Å². The van der Waals surface area contributed by atoms with Crippen LogP contribution in [0.15, 0.2) is 18.2 Å². The van der Waals surface area contributed by atoms with Gasteiger partial charge in [-0.2, -0.15) is 26.3 Å². The number of carbonyl (C=O) groups is 1. The Bertz CT molecular complexity index is 476. The average Bonchev–Trinajstić information content (AvgIpc) is 2.26. The maximum absolute atomic E-state index is 12.5. The van der Waals surface area contributed by atoms with Crippen LogP contribution in [0.1, 0.15) is 16.7 Å². The van der Waals surface area contributed by atoms with Crippen LogP contribution in [0.5, 0.6) is 0 Å². The summed E-state index contributed by atoms with van der Waals surface area (Å²) in [5.41, 5.74) is 6.77. The van der Waals surface area contributed by atoms with Crippen molar-refractivity contribution < 1.29 is 31.1 Å². The van der Waals surface area contributed by atoms with Gasteiger partial charge in [-0.25, -0.2) is 0 Å². The fourth-order valence-electron chi connectivity index (χ4n) is 1.49. The van der Waals surface area contributed by atoms with Crippen molar-refractivity contribution in [2.24, 2.45) is 11.5 Å². The second kappa shape index (κ2) is 5.31. The summed E-state index contributed by atoms with van der Waals surface area (Å²) in [5.74, 6) is -1.02. The van der Waals surface area contributed by atoms with E-state index in [1.54, 1.807) is 0 Å². The Balaban J connectivity index is 3.28. The van der Waals surface area contributed by atoms with Crippen molar-refractivity contribution >= 4 is 5.91 Å². The second-order valence-electron chi connectivity index (χ2n) is 4.13. The SMILES string of the molecule is NC(=O)C(N)Cc1cc(C(F)(F)F)cc(C(F)(F)F)c1. The van der Waals surface area contributed by atoms with Crippen molar-refractivity contribution in [2.45, 2.75) is 24.8 Å². The molecule has 1 aromatic rings. The van der Waals surface area contributed by atoms with Crippen molar-refractivity contribution in [3.05, 3.63) is 34.9 Å². The number of benzene rings is 1. The lowest BCUT2D eigenvalue weighted by atomic mass is 9.99. The lowest BCUT2D eigenvalue weighted by molar-refractivity contribution is -0.143. The monoisotopic (exact) mass is 300 g/mol. The molecule has 0 spiro atoms. The van der Waals surface area contributed by atoms with E-state index in [2.05, 4.69) is 0 Å². The van der Waals surface area contributed by atoms with Crippen molar-refractivity contribution in [2.75, 3.05) is 0 Å². The number of amides is 1. The molecule has 20 heavy (non-hydrogen) atoms. The van der Waals surface area contributed by atoms with Crippen molar-refractivity contribution in [3.63, 3.8) is 0 Å². The summed E-state index contributed by atoms with van der Waals surface area (Å²) in [4.78, 5) is 10.7. The molecule has 0 heterocycles. The minimum Gasteiger partial charge on any atom is -0.368 e. The quantitative estimate of drug-likeness (QED) is 0.839. The summed E-state index contributed by atoms with van der Waals surface area (Å²) in [6.07, 6.45) is -10.4. The van der Waals surface area contributed by atoms with Crippen LogP contribution in [-0.4, -0.2) is 11.9 Å². The molecule has 1 unspecified atom stereocenters. The van der Waals surface area contributed by atoms with E-state index < -0.39 is 41.8 Å². The van der Waals surface area contributed by atoms with Gasteiger partial charge in [-0.15, -0.1) is 0 Å². The molecule has 4 N–H and O–H groups in total. The van der Waals surface area contributed by atoms with E-state index in [0.29, 0.717) is 12.1 Å². The Hall–Kier alpha value is -1.77. The second-order valence-corrected chi connectivity index (χ2v) is 4.13. The first-order chi connectivity index (χ1) is 8.91. The summed E-state index contributed by atoms with van der Waals surface area (Å²) in [6.45, 7) is 0. The third-order valence-electron chi connectivity index (χ3n) is 2.47. The lowest BCUT2D eigenvalue weighted by Crippen LogP contribution is -2.38. The molecule has 0 fully saturated rings. The minimum atomic E-state index is -4.94. The molecule has 1 amide bonds. The lowest BCUT2D eigenvalue weighted by Gasteiger charge is -2.15. The first kappa shape index (κ1) is 16.3. The highest BCUT2D eigenvalue weighted by atomic mass is 19.4. The van der Waals surface area contributed by atoms with Gasteiger partial charge in [0.1, 0.15) is 0 Å². The molecular weight excluding hydrogens is 290 g/mol. The molecule has 9 heteroatoms. The van der Waals surface area contributed by atoms with Crippen LogP contribution in [0.4, 0.5) is 26.3 Å². The molecule has 0 bridgehead atoms. The molecule has 1 atom stereocenters. The Morgan fingerprint density at radius 3 is 1.70 bits per heavy atom. The number of hydrogen-bond donors (Lipinski definition) is 2. The zero-order chi connectivity index (χ0) is 15.7. The Morgan fingerprint density at radius 1 is 1.00 bits per heavy atom. The molecule has 0 saturated heterocycles. The normalized spacial score (nSPS) is 14.2. The van der Waals surface area contributed by atoms with Gasteiger partial charge in [0, 0.05) is 0 Å². The first-order valence-electron chi connectivity index (χ1n) is 5.24. The highest BCUT2D eigenvalue weighted by Gasteiger charge is 2.37. The highest BCUT2D eigenvalue weighted by molar-refractivity contribution is 5.79. The third kappa shape index (κ3) is 4.12. The molecule has 0 aromatic heterocycles. The van der Waals surface area contributed by atoms with Crippen molar-refractivity contribution in [1.82, 2.24) is 0 Å². The van der Waals surface area contributed by atoms with Gasteiger partial charge < -0.3 is 11.5 Å². The van der Waals surface area contributed by atoms with E-state index in [1.807, 2.05) is 0 Å². The van der Waals surface area contributed by atoms with E-state index in [0.717, 1.165) is 0 Å². The Labute approximate surface area is 109 Å². The number of hydrogen-bond acceptors (Lipinski definition) is 2. The minimum absolute atomic E-state index is 0.000703. The fourth-order valence-corrected chi connectivity index (χ4v) is 1.49. The molecule has 3 nitrogen and oxygen atoms in total. The number of primary amides is 1. The highest BCUT2D eigenvalue weighted by Crippen LogP contribution is 2.36. The van der Waals surface area contributed by atoms with Crippen LogP contribution in [0.25, 0.3) is 0 Å². The molecule has 0 aliphatic rings. The summed E-state index contributed by atoms with van der Waals surface area (Å²) < 4.78 is 75.3.